The molecular weight excluding hydrogens is 242 g/mol. The van der Waals surface area contributed by atoms with Crippen LogP contribution in [0.15, 0.2) is 77.9 Å². The van der Waals surface area contributed by atoms with E-state index in [1.165, 1.54) is 0 Å². The lowest BCUT2D eigenvalue weighted by atomic mass is 10.2. The second kappa shape index (κ2) is 12.7. The van der Waals surface area contributed by atoms with Crippen LogP contribution in [0.3, 0.4) is 0 Å². The smallest absolute Gasteiger partial charge is 0.0277 e. The van der Waals surface area contributed by atoms with Crippen molar-refractivity contribution in [1.82, 2.24) is 0 Å². The van der Waals surface area contributed by atoms with Crippen molar-refractivity contribution < 1.29 is 0 Å². The van der Waals surface area contributed by atoms with E-state index in [-0.39, 0.29) is 0 Å². The summed E-state index contributed by atoms with van der Waals surface area (Å²) in [6.07, 6.45) is 16.3. The van der Waals surface area contributed by atoms with E-state index in [0.29, 0.717) is 0 Å². The maximum atomic E-state index is 3.86. The van der Waals surface area contributed by atoms with Crippen molar-refractivity contribution in [2.24, 2.45) is 4.99 Å². The van der Waals surface area contributed by atoms with Gasteiger partial charge in [-0.2, -0.15) is 0 Å². The molecule has 0 atom stereocenters. The molecule has 0 rings (SSSR count). The summed E-state index contributed by atoms with van der Waals surface area (Å²) in [5.41, 5.74) is 1.74. The Balaban J connectivity index is 4.95. The first-order chi connectivity index (χ1) is 9.78. The minimum Gasteiger partial charge on any atom is -0.297 e. The summed E-state index contributed by atoms with van der Waals surface area (Å²) in [6.45, 7) is 9.21. The first-order valence-electron chi connectivity index (χ1n) is 6.17. The van der Waals surface area contributed by atoms with E-state index in [0.717, 1.165) is 11.1 Å². The molecule has 0 aromatic heterocycles. The first kappa shape index (κ1) is 17.2. The Hall–Kier alpha value is -2.77. The standard InChI is InChI=1S/C19H19N/c1-5-8-13-18(7-3)14-9-10-15-19(12-6-2)16-11-17-20-4/h5-8,11-13,16-17H,1-2H2,3-4H3/b13-8-,16-11-,18-7+,19-12-,20-17?. The van der Waals surface area contributed by atoms with E-state index in [1.54, 1.807) is 25.4 Å². The monoisotopic (exact) mass is 261 g/mol. The van der Waals surface area contributed by atoms with Crippen molar-refractivity contribution in [2.45, 2.75) is 6.92 Å². The summed E-state index contributed by atoms with van der Waals surface area (Å²) < 4.78 is 0. The van der Waals surface area contributed by atoms with E-state index in [1.807, 2.05) is 43.4 Å². The van der Waals surface area contributed by atoms with Gasteiger partial charge in [0, 0.05) is 24.4 Å². The SMILES string of the molecule is C=C/C=C\C(C#CC#CC(/C=C\C=NC)=C/C=C)=C/C. The zero-order valence-electron chi connectivity index (χ0n) is 12.1. The molecule has 0 saturated carbocycles. The Labute approximate surface area is 122 Å². The van der Waals surface area contributed by atoms with Crippen LogP contribution in [0.4, 0.5) is 0 Å². The highest BCUT2D eigenvalue weighted by Crippen LogP contribution is 1.96. The highest BCUT2D eigenvalue weighted by Gasteiger charge is 1.82. The van der Waals surface area contributed by atoms with E-state index >= 15 is 0 Å². The molecule has 0 aromatic rings. The molecule has 0 N–H and O–H groups in total. The molecule has 0 spiro atoms. The van der Waals surface area contributed by atoms with Gasteiger partial charge >= 0.3 is 0 Å². The van der Waals surface area contributed by atoms with Crippen LogP contribution < -0.4 is 0 Å². The normalized spacial score (nSPS) is 12.1. The zero-order valence-corrected chi connectivity index (χ0v) is 12.1. The summed E-state index contributed by atoms with van der Waals surface area (Å²) in [5.74, 6) is 11.6. The van der Waals surface area contributed by atoms with Gasteiger partial charge in [0.15, 0.2) is 0 Å². The molecule has 0 unspecified atom stereocenters. The molecule has 20 heavy (non-hydrogen) atoms. The average molecular weight is 261 g/mol. The third-order valence-corrected chi connectivity index (χ3v) is 2.01. The van der Waals surface area contributed by atoms with Crippen LogP contribution in [0.25, 0.3) is 0 Å². The fourth-order valence-electron chi connectivity index (χ4n) is 1.09. The van der Waals surface area contributed by atoms with Crippen LogP contribution in [0.1, 0.15) is 6.92 Å². The largest absolute Gasteiger partial charge is 0.297 e. The van der Waals surface area contributed by atoms with E-state index < -0.39 is 0 Å². The molecule has 0 aliphatic heterocycles. The third kappa shape index (κ3) is 9.28. The maximum Gasteiger partial charge on any atom is 0.0277 e. The number of aliphatic imine (C=N–C) groups is 1. The second-order valence-electron chi connectivity index (χ2n) is 3.46. The van der Waals surface area contributed by atoms with Crippen LogP contribution >= 0.6 is 0 Å². The van der Waals surface area contributed by atoms with E-state index in [2.05, 4.69) is 41.8 Å². The lowest BCUT2D eigenvalue weighted by Crippen LogP contribution is -1.73. The van der Waals surface area contributed by atoms with Crippen molar-refractivity contribution in [3.63, 3.8) is 0 Å². The Bertz CT molecular complexity index is 585. The predicted octanol–water partition coefficient (Wildman–Crippen LogP) is 4.05. The lowest BCUT2D eigenvalue weighted by molar-refractivity contribution is 1.47. The molecule has 1 heteroatoms. The van der Waals surface area contributed by atoms with Gasteiger partial charge < -0.3 is 0 Å². The third-order valence-electron chi connectivity index (χ3n) is 2.01. The van der Waals surface area contributed by atoms with Crippen molar-refractivity contribution in [3.8, 4) is 23.7 Å². The average Bonchev–Trinajstić information content (AvgIpc) is 2.46. The van der Waals surface area contributed by atoms with Gasteiger partial charge in [-0.05, 0) is 43.1 Å². The van der Waals surface area contributed by atoms with Crippen molar-refractivity contribution in [1.29, 1.82) is 0 Å². The highest BCUT2D eigenvalue weighted by molar-refractivity contribution is 5.72. The summed E-state index contributed by atoms with van der Waals surface area (Å²) in [7, 11) is 1.72. The fraction of sp³-hybridized carbons (Fsp3) is 0.105. The molecule has 0 saturated heterocycles. The Morgan fingerprint density at radius 1 is 0.950 bits per heavy atom. The quantitative estimate of drug-likeness (QED) is 0.402. The molecule has 100 valence electrons. The summed E-state index contributed by atoms with van der Waals surface area (Å²) in [5, 5.41) is 0. The molecule has 0 amide bonds. The van der Waals surface area contributed by atoms with Crippen molar-refractivity contribution in [2.75, 3.05) is 7.05 Å². The lowest BCUT2D eigenvalue weighted by Gasteiger charge is -1.85. The zero-order chi connectivity index (χ0) is 15.1. The van der Waals surface area contributed by atoms with Gasteiger partial charge in [0.1, 0.15) is 0 Å². The molecule has 0 fully saturated rings. The molecule has 0 aliphatic rings. The van der Waals surface area contributed by atoms with E-state index in [4.69, 9.17) is 0 Å². The minimum absolute atomic E-state index is 0.831. The molecule has 0 aromatic carbocycles. The Morgan fingerprint density at radius 2 is 1.60 bits per heavy atom. The highest BCUT2D eigenvalue weighted by atomic mass is 14.6. The van der Waals surface area contributed by atoms with E-state index in [9.17, 15) is 0 Å². The first-order valence-corrected chi connectivity index (χ1v) is 6.17. The molecule has 0 bridgehead atoms. The second-order valence-corrected chi connectivity index (χ2v) is 3.46. The Kier molecular flexibility index (Phi) is 10.9. The van der Waals surface area contributed by atoms with Crippen molar-refractivity contribution >= 4 is 6.21 Å². The Morgan fingerprint density at radius 3 is 2.15 bits per heavy atom. The van der Waals surface area contributed by atoms with Crippen LogP contribution in [0.2, 0.25) is 0 Å². The van der Waals surface area contributed by atoms with Gasteiger partial charge in [-0.25, -0.2) is 0 Å². The van der Waals surface area contributed by atoms with Crippen LogP contribution in [-0.2, 0) is 0 Å². The molecule has 0 aliphatic carbocycles. The fourth-order valence-corrected chi connectivity index (χ4v) is 1.09. The van der Waals surface area contributed by atoms with Crippen molar-refractivity contribution in [3.05, 3.63) is 72.9 Å². The summed E-state index contributed by atoms with van der Waals surface area (Å²) in [6, 6.07) is 0. The van der Waals surface area contributed by atoms with Crippen LogP contribution in [-0.4, -0.2) is 13.3 Å². The molecule has 1 nitrogen and oxygen atoms in total. The predicted molar refractivity (Wildman–Crippen MR) is 90.5 cm³/mol. The number of hydrogen-bond donors (Lipinski definition) is 0. The number of hydrogen-bond acceptors (Lipinski definition) is 1. The van der Waals surface area contributed by atoms with Gasteiger partial charge in [0.25, 0.3) is 0 Å². The minimum atomic E-state index is 0.831. The topological polar surface area (TPSA) is 12.4 Å². The van der Waals surface area contributed by atoms with Gasteiger partial charge in [0.2, 0.25) is 0 Å². The molecule has 0 radical (unpaired) electrons. The van der Waals surface area contributed by atoms with Gasteiger partial charge in [-0.1, -0.05) is 49.3 Å². The number of allylic oxidation sites excluding steroid dienone is 10. The molecule has 0 heterocycles. The number of rotatable bonds is 5. The number of nitrogens with zero attached hydrogens (tertiary/aromatic N) is 1. The maximum absolute atomic E-state index is 3.86. The molecular formula is C19H19N. The van der Waals surface area contributed by atoms with Crippen LogP contribution in [0.5, 0.6) is 0 Å². The van der Waals surface area contributed by atoms with Gasteiger partial charge in [-0.15, -0.1) is 0 Å². The van der Waals surface area contributed by atoms with Crippen LogP contribution in [0, 0.1) is 23.7 Å². The summed E-state index contributed by atoms with van der Waals surface area (Å²) in [4.78, 5) is 3.86. The summed E-state index contributed by atoms with van der Waals surface area (Å²) >= 11 is 0. The van der Waals surface area contributed by atoms with Gasteiger partial charge in [-0.3, -0.25) is 4.99 Å². The van der Waals surface area contributed by atoms with Gasteiger partial charge in [0.05, 0.1) is 0 Å².